The van der Waals surface area contributed by atoms with Gasteiger partial charge in [-0.15, -0.1) is 0 Å². The minimum absolute atomic E-state index is 0.0224. The molecular weight excluding hydrogens is 665 g/mol. The summed E-state index contributed by atoms with van der Waals surface area (Å²) < 4.78 is 2.34. The van der Waals surface area contributed by atoms with Crippen LogP contribution in [0.2, 0.25) is 0 Å². The third-order valence-corrected chi connectivity index (χ3v) is 11.5. The average molecular weight is 715 g/mol. The Kier molecular flexibility index (Phi) is 8.49. The maximum absolute atomic E-state index is 4.91. The van der Waals surface area contributed by atoms with Crippen LogP contribution in [-0.2, 0) is 16.2 Å². The van der Waals surface area contributed by atoms with Gasteiger partial charge in [-0.2, -0.15) is 0 Å². The third-order valence-electron chi connectivity index (χ3n) is 10.6. The predicted molar refractivity (Wildman–Crippen MR) is 227 cm³/mol. The van der Waals surface area contributed by atoms with Gasteiger partial charge in [-0.3, -0.25) is 4.57 Å². The van der Waals surface area contributed by atoms with Gasteiger partial charge in [0.1, 0.15) is 12.5 Å². The lowest BCUT2D eigenvalue weighted by Crippen LogP contribution is -2.25. The predicted octanol–water partition coefficient (Wildman–Crippen LogP) is 13.5. The summed E-state index contributed by atoms with van der Waals surface area (Å²) in [4.78, 5) is 12.3. The summed E-state index contributed by atoms with van der Waals surface area (Å²) in [6.07, 6.45) is 1.95. The van der Waals surface area contributed by atoms with E-state index in [0.29, 0.717) is 0 Å². The molecule has 53 heavy (non-hydrogen) atoms. The van der Waals surface area contributed by atoms with Crippen LogP contribution in [-0.4, -0.2) is 16.2 Å². The van der Waals surface area contributed by atoms with Gasteiger partial charge in [-0.25, -0.2) is 4.98 Å². The molecule has 8 rings (SSSR count). The zero-order chi connectivity index (χ0) is 37.3. The van der Waals surface area contributed by atoms with Crippen LogP contribution in [0, 0.1) is 0 Å². The SMILES string of the molecule is CC(C)(C)c1cccc(N2CN(c3cc(Sc4ccc5c6ccccc6n(-c6cc(C(C)(C)C)ccn6)c5c4)cc(C(C)(C)C)c3)c3ccccc32)c1. The number of para-hydroxylation sites is 3. The van der Waals surface area contributed by atoms with E-state index in [-0.39, 0.29) is 16.2 Å². The standard InChI is InChI=1S/C48H50N4S/c1-46(2,3)32-15-14-16-35(25-32)50-31-51(43-20-13-12-19-42(43)50)36-26-34(48(7,8)9)27-38(29-36)53-37-21-22-40-39-17-10-11-18-41(39)52(44(40)30-37)45-28-33(23-24-49-45)47(4,5)6/h10-30H,31H2,1-9H3. The number of anilines is 4. The van der Waals surface area contributed by atoms with Gasteiger partial charge in [0.2, 0.25) is 0 Å². The number of aromatic nitrogens is 2. The number of hydrogen-bond acceptors (Lipinski definition) is 4. The molecule has 0 unspecified atom stereocenters. The first-order chi connectivity index (χ1) is 25.1. The number of rotatable bonds is 5. The van der Waals surface area contributed by atoms with Crippen molar-refractivity contribution in [3.8, 4) is 5.82 Å². The molecule has 3 heterocycles. The van der Waals surface area contributed by atoms with Crippen LogP contribution in [0.3, 0.4) is 0 Å². The molecule has 2 aromatic heterocycles. The first kappa shape index (κ1) is 35.1. The van der Waals surface area contributed by atoms with E-state index in [4.69, 9.17) is 4.98 Å². The van der Waals surface area contributed by atoms with E-state index in [1.165, 1.54) is 71.0 Å². The van der Waals surface area contributed by atoms with Crippen LogP contribution < -0.4 is 9.80 Å². The van der Waals surface area contributed by atoms with E-state index >= 15 is 0 Å². The van der Waals surface area contributed by atoms with Crippen molar-refractivity contribution < 1.29 is 0 Å². The van der Waals surface area contributed by atoms with Gasteiger partial charge in [0.05, 0.1) is 22.4 Å². The zero-order valence-corrected chi connectivity index (χ0v) is 33.3. The fourth-order valence-electron chi connectivity index (χ4n) is 7.43. The van der Waals surface area contributed by atoms with Crippen molar-refractivity contribution in [1.29, 1.82) is 0 Å². The largest absolute Gasteiger partial charge is 0.321 e. The quantitative estimate of drug-likeness (QED) is 0.177. The summed E-state index contributed by atoms with van der Waals surface area (Å²) in [7, 11) is 0. The molecule has 5 heteroatoms. The molecule has 0 saturated carbocycles. The molecule has 0 bridgehead atoms. The van der Waals surface area contributed by atoms with Crippen LogP contribution in [0.15, 0.2) is 137 Å². The Balaban J connectivity index is 1.21. The Bertz CT molecular complexity index is 2490. The maximum Gasteiger partial charge on any atom is 0.137 e. The van der Waals surface area contributed by atoms with Crippen LogP contribution in [0.1, 0.15) is 79.0 Å². The number of pyridine rings is 1. The number of benzene rings is 5. The van der Waals surface area contributed by atoms with Gasteiger partial charge >= 0.3 is 0 Å². The Morgan fingerprint density at radius 3 is 1.83 bits per heavy atom. The molecule has 4 nitrogen and oxygen atoms in total. The number of hydrogen-bond donors (Lipinski definition) is 0. The summed E-state index contributed by atoms with van der Waals surface area (Å²) in [5.74, 6) is 0.952. The monoisotopic (exact) mass is 714 g/mol. The van der Waals surface area contributed by atoms with E-state index in [1.807, 2.05) is 18.0 Å². The van der Waals surface area contributed by atoms with E-state index < -0.39 is 0 Å². The summed E-state index contributed by atoms with van der Waals surface area (Å²) in [6.45, 7) is 21.3. The molecule has 0 saturated heterocycles. The van der Waals surface area contributed by atoms with Crippen molar-refractivity contribution in [3.05, 3.63) is 144 Å². The lowest BCUT2D eigenvalue weighted by molar-refractivity contribution is 0.588. The van der Waals surface area contributed by atoms with Crippen LogP contribution in [0.5, 0.6) is 0 Å². The molecule has 0 amide bonds. The average Bonchev–Trinajstić information content (AvgIpc) is 3.67. The normalized spacial score (nSPS) is 13.7. The second kappa shape index (κ2) is 12.8. The van der Waals surface area contributed by atoms with Gasteiger partial charge in [0, 0.05) is 38.1 Å². The maximum atomic E-state index is 4.91. The van der Waals surface area contributed by atoms with Crippen LogP contribution in [0.25, 0.3) is 27.6 Å². The van der Waals surface area contributed by atoms with Crippen molar-refractivity contribution in [1.82, 2.24) is 9.55 Å². The first-order valence-corrected chi connectivity index (χ1v) is 19.5. The smallest absolute Gasteiger partial charge is 0.137 e. The van der Waals surface area contributed by atoms with Crippen LogP contribution >= 0.6 is 11.8 Å². The van der Waals surface area contributed by atoms with Gasteiger partial charge in [0.15, 0.2) is 0 Å². The Morgan fingerprint density at radius 2 is 1.11 bits per heavy atom. The summed E-state index contributed by atoms with van der Waals surface area (Å²) in [5, 5.41) is 2.48. The molecule has 0 N–H and O–H groups in total. The Hall–Kier alpha value is -5.00. The number of nitrogens with zero attached hydrogens (tertiary/aromatic N) is 4. The lowest BCUT2D eigenvalue weighted by Gasteiger charge is -2.27. The zero-order valence-electron chi connectivity index (χ0n) is 32.5. The van der Waals surface area contributed by atoms with Crippen molar-refractivity contribution >= 4 is 56.3 Å². The topological polar surface area (TPSA) is 24.3 Å². The highest BCUT2D eigenvalue weighted by molar-refractivity contribution is 7.99. The van der Waals surface area contributed by atoms with Gasteiger partial charge < -0.3 is 9.80 Å². The van der Waals surface area contributed by atoms with Crippen LogP contribution in [0.4, 0.5) is 22.7 Å². The Morgan fingerprint density at radius 1 is 0.491 bits per heavy atom. The van der Waals surface area contributed by atoms with E-state index in [1.54, 1.807) is 0 Å². The van der Waals surface area contributed by atoms with Gasteiger partial charge in [0.25, 0.3) is 0 Å². The summed E-state index contributed by atoms with van der Waals surface area (Å²) in [5.41, 5.74) is 11.2. The fourth-order valence-corrected chi connectivity index (χ4v) is 8.38. The summed E-state index contributed by atoms with van der Waals surface area (Å²) in [6, 6.07) is 45.0. The third kappa shape index (κ3) is 6.61. The molecule has 1 aliphatic rings. The van der Waals surface area contributed by atoms with Gasteiger partial charge in [-0.1, -0.05) is 123 Å². The molecular formula is C48H50N4S. The van der Waals surface area contributed by atoms with Crippen molar-refractivity contribution in [2.45, 2.75) is 88.3 Å². The number of fused-ring (bicyclic) bond motifs is 4. The minimum atomic E-state index is -0.0224. The van der Waals surface area contributed by atoms with Crippen molar-refractivity contribution in [2.75, 3.05) is 16.5 Å². The summed E-state index contributed by atoms with van der Waals surface area (Å²) >= 11 is 1.84. The van der Waals surface area contributed by atoms with Crippen molar-refractivity contribution in [3.63, 3.8) is 0 Å². The second-order valence-electron chi connectivity index (χ2n) is 17.5. The Labute approximate surface area is 319 Å². The van der Waals surface area contributed by atoms with E-state index in [2.05, 4.69) is 198 Å². The first-order valence-electron chi connectivity index (χ1n) is 18.7. The van der Waals surface area contributed by atoms with E-state index in [9.17, 15) is 0 Å². The highest BCUT2D eigenvalue weighted by Crippen LogP contribution is 2.47. The lowest BCUT2D eigenvalue weighted by atomic mass is 9.87. The molecule has 1 aliphatic heterocycles. The fraction of sp³-hybridized carbons (Fsp3) is 0.271. The highest BCUT2D eigenvalue weighted by atomic mass is 32.2. The second-order valence-corrected chi connectivity index (χ2v) is 18.7. The molecule has 0 radical (unpaired) electrons. The molecule has 0 spiro atoms. The minimum Gasteiger partial charge on any atom is -0.321 e. The molecule has 0 fully saturated rings. The molecule has 0 aliphatic carbocycles. The molecule has 268 valence electrons. The molecule has 0 atom stereocenters. The van der Waals surface area contributed by atoms with E-state index in [0.717, 1.165) is 12.5 Å². The molecule has 7 aromatic rings. The molecule has 5 aromatic carbocycles. The highest BCUT2D eigenvalue weighted by Gasteiger charge is 2.30. The van der Waals surface area contributed by atoms with Gasteiger partial charge in [-0.05, 0) is 106 Å². The van der Waals surface area contributed by atoms with Crippen molar-refractivity contribution in [2.24, 2.45) is 0 Å².